The van der Waals surface area contributed by atoms with Crippen LogP contribution in [0, 0.1) is 35.3 Å². The Morgan fingerprint density at radius 2 is 1.70 bits per heavy atom. The zero-order chi connectivity index (χ0) is 28.2. The Morgan fingerprint density at radius 1 is 1.02 bits per heavy atom. The lowest BCUT2D eigenvalue weighted by Gasteiger charge is -2.40. The maximum absolute atomic E-state index is 13.5. The molecule has 0 spiro atoms. The molecule has 2 unspecified atom stereocenters. The number of aromatic nitrogens is 2. The van der Waals surface area contributed by atoms with Gasteiger partial charge in [-0.1, -0.05) is 35.6 Å². The van der Waals surface area contributed by atoms with Gasteiger partial charge in [-0.3, -0.25) is 4.79 Å². The number of fused-ring (bicyclic) bond motifs is 1. The first-order valence-corrected chi connectivity index (χ1v) is 13.9. The van der Waals surface area contributed by atoms with E-state index in [0.29, 0.717) is 42.8 Å². The third-order valence-electron chi connectivity index (χ3n) is 8.80. The Labute approximate surface area is 236 Å². The average Bonchev–Trinajstić information content (AvgIpc) is 3.54. The number of carbonyl (C=O) groups excluding carboxylic acids is 1. The molecule has 1 heterocycles. The van der Waals surface area contributed by atoms with Crippen LogP contribution < -0.4 is 5.32 Å². The molecule has 208 valence electrons. The molecular weight excluding hydrogens is 536 g/mol. The number of benzene rings is 2. The van der Waals surface area contributed by atoms with Crippen LogP contribution in [-0.2, 0) is 7.05 Å². The van der Waals surface area contributed by atoms with E-state index >= 15 is 0 Å². The zero-order valence-electron chi connectivity index (χ0n) is 22.0. The number of nitrogens with one attached hydrogen (secondary N) is 1. The normalized spacial score (nSPS) is 30.8. The fourth-order valence-corrected chi connectivity index (χ4v) is 7.04. The molecule has 3 aliphatic rings. The van der Waals surface area contributed by atoms with E-state index in [1.807, 2.05) is 6.07 Å². The SMILES string of the molecule is Cn1cnc(C2CC3CC(O)(C#CC4(O)CC(c5cccc(F)c5)C4)CC3C2)c1C(=O)Nc1ccc(F)c(Cl)c1. The molecule has 1 aromatic heterocycles. The lowest BCUT2D eigenvalue weighted by molar-refractivity contribution is 0.00457. The molecule has 2 aromatic carbocycles. The monoisotopic (exact) mass is 565 g/mol. The highest BCUT2D eigenvalue weighted by molar-refractivity contribution is 6.31. The van der Waals surface area contributed by atoms with Crippen molar-refractivity contribution in [2.45, 2.75) is 61.6 Å². The Bertz CT molecular complexity index is 1520. The van der Waals surface area contributed by atoms with E-state index in [2.05, 4.69) is 22.1 Å². The number of amides is 1. The summed E-state index contributed by atoms with van der Waals surface area (Å²) in [5, 5.41) is 24.8. The maximum atomic E-state index is 13.5. The molecule has 0 radical (unpaired) electrons. The minimum Gasteiger partial charge on any atom is -0.378 e. The highest BCUT2D eigenvalue weighted by Gasteiger charge is 2.50. The van der Waals surface area contributed by atoms with Crippen molar-refractivity contribution >= 4 is 23.2 Å². The van der Waals surface area contributed by atoms with E-state index in [9.17, 15) is 23.8 Å². The molecule has 3 aromatic rings. The quantitative estimate of drug-likeness (QED) is 0.362. The van der Waals surface area contributed by atoms with Crippen molar-refractivity contribution in [1.29, 1.82) is 0 Å². The second kappa shape index (κ2) is 9.99. The molecule has 6 nitrogen and oxygen atoms in total. The predicted molar refractivity (Wildman–Crippen MR) is 147 cm³/mol. The van der Waals surface area contributed by atoms with Gasteiger partial charge in [0.05, 0.1) is 17.0 Å². The first kappa shape index (κ1) is 26.9. The van der Waals surface area contributed by atoms with E-state index < -0.39 is 17.0 Å². The molecule has 3 saturated carbocycles. The Morgan fingerprint density at radius 3 is 2.35 bits per heavy atom. The molecule has 0 aliphatic heterocycles. The van der Waals surface area contributed by atoms with Gasteiger partial charge in [0.25, 0.3) is 5.91 Å². The summed E-state index contributed by atoms with van der Waals surface area (Å²) in [5.41, 5.74) is 0.0795. The first-order chi connectivity index (χ1) is 19.0. The molecule has 2 atom stereocenters. The highest BCUT2D eigenvalue weighted by atomic mass is 35.5. The van der Waals surface area contributed by atoms with Crippen LogP contribution in [0.5, 0.6) is 0 Å². The van der Waals surface area contributed by atoms with Gasteiger partial charge in [0.2, 0.25) is 0 Å². The summed E-state index contributed by atoms with van der Waals surface area (Å²) in [6, 6.07) is 10.5. The summed E-state index contributed by atoms with van der Waals surface area (Å²) in [6.45, 7) is 0. The average molecular weight is 566 g/mol. The number of carbonyl (C=O) groups is 1. The number of imidazole rings is 1. The van der Waals surface area contributed by atoms with Gasteiger partial charge in [-0.05, 0) is 92.2 Å². The van der Waals surface area contributed by atoms with E-state index in [1.54, 1.807) is 24.0 Å². The summed E-state index contributed by atoms with van der Waals surface area (Å²) >= 11 is 5.86. The van der Waals surface area contributed by atoms with Crippen LogP contribution in [0.25, 0.3) is 0 Å². The van der Waals surface area contributed by atoms with E-state index in [0.717, 1.165) is 18.4 Å². The van der Waals surface area contributed by atoms with Gasteiger partial charge >= 0.3 is 0 Å². The summed E-state index contributed by atoms with van der Waals surface area (Å²) < 4.78 is 28.7. The number of nitrogens with zero attached hydrogens (tertiary/aromatic N) is 2. The minimum atomic E-state index is -1.17. The van der Waals surface area contributed by atoms with E-state index in [4.69, 9.17) is 11.6 Å². The molecule has 1 amide bonds. The van der Waals surface area contributed by atoms with Gasteiger partial charge in [-0.25, -0.2) is 13.8 Å². The number of anilines is 1. The van der Waals surface area contributed by atoms with Crippen LogP contribution in [0.2, 0.25) is 5.02 Å². The second-order valence-corrected chi connectivity index (χ2v) is 12.1. The zero-order valence-corrected chi connectivity index (χ0v) is 22.8. The van der Waals surface area contributed by atoms with Gasteiger partial charge in [-0.2, -0.15) is 0 Å². The van der Waals surface area contributed by atoms with Crippen molar-refractivity contribution in [2.75, 3.05) is 5.32 Å². The predicted octanol–water partition coefficient (Wildman–Crippen LogP) is 5.55. The highest BCUT2D eigenvalue weighted by Crippen LogP contribution is 2.54. The third-order valence-corrected chi connectivity index (χ3v) is 9.09. The lowest BCUT2D eigenvalue weighted by Crippen LogP contribution is -2.41. The minimum absolute atomic E-state index is 0.0539. The standard InChI is InChI=1S/C31H30ClF2N3O3/c1-37-17-35-27(28(37)29(38)36-24-5-6-26(34)25(32)12-24)19-9-20-13-30(39,14-21(20)10-19)7-8-31(40)15-22(16-31)18-3-2-4-23(33)11-18/h2-6,11-12,17,19-22,39-40H,9-10,13-16H2,1H3,(H,36,38). The van der Waals surface area contributed by atoms with Gasteiger partial charge in [0, 0.05) is 18.7 Å². The Kier molecular flexibility index (Phi) is 6.73. The molecule has 0 saturated heterocycles. The van der Waals surface area contributed by atoms with Gasteiger partial charge in [0.15, 0.2) is 0 Å². The number of aliphatic hydroxyl groups is 2. The largest absolute Gasteiger partial charge is 0.378 e. The molecule has 3 fully saturated rings. The Balaban J connectivity index is 1.09. The number of aryl methyl sites for hydroxylation is 1. The fourth-order valence-electron chi connectivity index (χ4n) is 6.86. The van der Waals surface area contributed by atoms with Crippen LogP contribution in [0.4, 0.5) is 14.5 Å². The molecule has 3 aliphatic carbocycles. The van der Waals surface area contributed by atoms with Crippen LogP contribution >= 0.6 is 11.6 Å². The van der Waals surface area contributed by atoms with Crippen molar-refractivity contribution in [1.82, 2.24) is 9.55 Å². The number of rotatable bonds is 4. The summed E-state index contributed by atoms with van der Waals surface area (Å²) in [6.07, 6.45) is 5.03. The Hall–Kier alpha value is -3.25. The fraction of sp³-hybridized carbons (Fsp3) is 0.419. The molecule has 0 bridgehead atoms. The topological polar surface area (TPSA) is 87.4 Å². The second-order valence-electron chi connectivity index (χ2n) is 11.7. The summed E-state index contributed by atoms with van der Waals surface area (Å²) in [7, 11) is 1.76. The molecule has 3 N–H and O–H groups in total. The van der Waals surface area contributed by atoms with Crippen LogP contribution in [0.1, 0.15) is 72.1 Å². The van der Waals surface area contributed by atoms with Gasteiger partial charge in [-0.15, -0.1) is 0 Å². The third kappa shape index (κ3) is 5.14. The molecule has 9 heteroatoms. The number of halogens is 3. The number of hydrogen-bond donors (Lipinski definition) is 3. The van der Waals surface area contributed by atoms with Gasteiger partial charge in [0.1, 0.15) is 28.5 Å². The van der Waals surface area contributed by atoms with Crippen LogP contribution in [0.15, 0.2) is 48.8 Å². The lowest BCUT2D eigenvalue weighted by atomic mass is 9.68. The molecule has 40 heavy (non-hydrogen) atoms. The van der Waals surface area contributed by atoms with Crippen molar-refractivity contribution < 1.29 is 23.8 Å². The van der Waals surface area contributed by atoms with Crippen LogP contribution in [0.3, 0.4) is 0 Å². The van der Waals surface area contributed by atoms with Crippen molar-refractivity contribution in [3.63, 3.8) is 0 Å². The smallest absolute Gasteiger partial charge is 0.274 e. The van der Waals surface area contributed by atoms with Crippen molar-refractivity contribution in [3.05, 3.63) is 82.4 Å². The van der Waals surface area contributed by atoms with Crippen molar-refractivity contribution in [3.8, 4) is 11.8 Å². The van der Waals surface area contributed by atoms with Crippen LogP contribution in [-0.4, -0.2) is 36.9 Å². The van der Waals surface area contributed by atoms with Gasteiger partial charge < -0.3 is 20.1 Å². The first-order valence-electron chi connectivity index (χ1n) is 13.5. The van der Waals surface area contributed by atoms with E-state index in [-0.39, 0.29) is 40.4 Å². The summed E-state index contributed by atoms with van der Waals surface area (Å²) in [5.74, 6) is 5.33. The molecule has 6 rings (SSSR count). The maximum Gasteiger partial charge on any atom is 0.274 e. The molecular formula is C31H30ClF2N3O3. The van der Waals surface area contributed by atoms with Crippen molar-refractivity contribution in [2.24, 2.45) is 18.9 Å². The summed E-state index contributed by atoms with van der Waals surface area (Å²) in [4.78, 5) is 17.7. The van der Waals surface area contributed by atoms with E-state index in [1.165, 1.54) is 30.3 Å². The number of hydrogen-bond acceptors (Lipinski definition) is 4.